The van der Waals surface area contributed by atoms with Gasteiger partial charge in [0, 0.05) is 45.0 Å². The van der Waals surface area contributed by atoms with Crippen molar-refractivity contribution < 1.29 is 13.2 Å². The fraction of sp³-hybridized carbons (Fsp3) is 0.429. The van der Waals surface area contributed by atoms with Crippen LogP contribution in [0.4, 0.5) is 10.5 Å². The monoisotopic (exact) mass is 431 g/mol. The fourth-order valence-corrected chi connectivity index (χ4v) is 4.43. The van der Waals surface area contributed by atoms with Gasteiger partial charge in [-0.25, -0.2) is 13.2 Å². The Labute approximate surface area is 178 Å². The molecule has 0 spiro atoms. The molecule has 162 valence electrons. The van der Waals surface area contributed by atoms with E-state index < -0.39 is 10.0 Å². The lowest BCUT2D eigenvalue weighted by Gasteiger charge is -2.33. The second-order valence-corrected chi connectivity index (χ2v) is 9.65. The van der Waals surface area contributed by atoms with E-state index in [4.69, 9.17) is 0 Å². The Balaban J connectivity index is 1.48. The van der Waals surface area contributed by atoms with Crippen molar-refractivity contribution in [1.82, 2.24) is 19.5 Å². The molecule has 0 unspecified atom stereocenters. The number of nitrogens with zero attached hydrogens (tertiary/aromatic N) is 3. The van der Waals surface area contributed by atoms with Crippen molar-refractivity contribution >= 4 is 21.7 Å². The van der Waals surface area contributed by atoms with Crippen LogP contribution in [0.1, 0.15) is 23.7 Å². The molecule has 0 bridgehead atoms. The summed E-state index contributed by atoms with van der Waals surface area (Å²) >= 11 is 0. The third-order valence-electron chi connectivity index (χ3n) is 5.11. The standard InChI is InChI=1S/C21H29N5O3S/c1-3-30(28,29)26-11-9-25(10-12-26)16-19-6-4-5-18(13-19)14-23-21(27)24-20-8-7-17(2)22-15-20/h4-8,13,15H,3,9-12,14,16H2,1-2H3,(H2,23,24,27). The highest BCUT2D eigenvalue weighted by Gasteiger charge is 2.25. The zero-order valence-corrected chi connectivity index (χ0v) is 18.3. The molecule has 2 heterocycles. The van der Waals surface area contributed by atoms with E-state index in [-0.39, 0.29) is 11.8 Å². The average Bonchev–Trinajstić information content (AvgIpc) is 2.75. The van der Waals surface area contributed by atoms with Crippen molar-refractivity contribution in [1.29, 1.82) is 0 Å². The molecule has 9 heteroatoms. The molecule has 3 rings (SSSR count). The number of urea groups is 1. The van der Waals surface area contributed by atoms with Gasteiger partial charge in [0.25, 0.3) is 0 Å². The Hall–Kier alpha value is -2.49. The van der Waals surface area contributed by atoms with Gasteiger partial charge in [-0.3, -0.25) is 9.88 Å². The topological polar surface area (TPSA) is 94.6 Å². The summed E-state index contributed by atoms with van der Waals surface area (Å²) in [7, 11) is -3.11. The van der Waals surface area contributed by atoms with E-state index in [1.807, 2.05) is 31.2 Å². The van der Waals surface area contributed by atoms with E-state index in [9.17, 15) is 13.2 Å². The molecule has 1 aromatic heterocycles. The maximum atomic E-state index is 12.1. The number of benzene rings is 1. The molecule has 1 fully saturated rings. The quantitative estimate of drug-likeness (QED) is 0.701. The SMILES string of the molecule is CCS(=O)(=O)N1CCN(Cc2cccc(CNC(=O)Nc3ccc(C)nc3)c2)CC1. The molecule has 0 radical (unpaired) electrons. The lowest BCUT2D eigenvalue weighted by molar-refractivity contribution is 0.181. The number of rotatable bonds is 7. The summed E-state index contributed by atoms with van der Waals surface area (Å²) in [5.41, 5.74) is 3.70. The largest absolute Gasteiger partial charge is 0.334 e. The van der Waals surface area contributed by atoms with Crippen molar-refractivity contribution in [3.63, 3.8) is 0 Å². The van der Waals surface area contributed by atoms with Crippen LogP contribution in [-0.2, 0) is 23.1 Å². The van der Waals surface area contributed by atoms with E-state index in [1.165, 1.54) is 0 Å². The van der Waals surface area contributed by atoms with Crippen LogP contribution in [-0.4, -0.2) is 60.6 Å². The minimum absolute atomic E-state index is 0.149. The van der Waals surface area contributed by atoms with E-state index in [0.717, 1.165) is 23.4 Å². The maximum Gasteiger partial charge on any atom is 0.319 e. The van der Waals surface area contributed by atoms with Crippen LogP contribution >= 0.6 is 0 Å². The van der Waals surface area contributed by atoms with Crippen LogP contribution in [0, 0.1) is 6.92 Å². The van der Waals surface area contributed by atoms with E-state index >= 15 is 0 Å². The fourth-order valence-electron chi connectivity index (χ4n) is 3.34. The molecule has 2 aromatic rings. The number of carbonyl (C=O) groups is 1. The third-order valence-corrected chi connectivity index (χ3v) is 6.99. The lowest BCUT2D eigenvalue weighted by Crippen LogP contribution is -2.48. The summed E-state index contributed by atoms with van der Waals surface area (Å²) in [6.45, 7) is 7.25. The van der Waals surface area contributed by atoms with Crippen LogP contribution in [0.5, 0.6) is 0 Å². The van der Waals surface area contributed by atoms with Crippen molar-refractivity contribution in [3.05, 3.63) is 59.4 Å². The molecule has 2 amide bonds. The number of sulfonamides is 1. The average molecular weight is 432 g/mol. The van der Waals surface area contributed by atoms with Crippen LogP contribution in [0.25, 0.3) is 0 Å². The summed E-state index contributed by atoms with van der Waals surface area (Å²) in [4.78, 5) is 18.5. The first-order valence-electron chi connectivity index (χ1n) is 10.1. The number of anilines is 1. The Morgan fingerprint density at radius 3 is 2.50 bits per heavy atom. The molecule has 1 saturated heterocycles. The number of pyridine rings is 1. The van der Waals surface area contributed by atoms with E-state index in [1.54, 1.807) is 17.4 Å². The van der Waals surface area contributed by atoms with Crippen molar-refractivity contribution in [2.45, 2.75) is 26.9 Å². The predicted molar refractivity (Wildman–Crippen MR) is 118 cm³/mol. The highest BCUT2D eigenvalue weighted by molar-refractivity contribution is 7.89. The molecule has 1 aliphatic rings. The summed E-state index contributed by atoms with van der Waals surface area (Å²) in [6, 6.07) is 11.5. The van der Waals surface area contributed by atoms with Crippen LogP contribution in [0.15, 0.2) is 42.6 Å². The Morgan fingerprint density at radius 1 is 1.10 bits per heavy atom. The molecule has 0 aliphatic carbocycles. The summed E-state index contributed by atoms with van der Waals surface area (Å²) < 4.78 is 25.5. The number of hydrogen-bond donors (Lipinski definition) is 2. The normalized spacial score (nSPS) is 15.7. The Morgan fingerprint density at radius 2 is 1.83 bits per heavy atom. The highest BCUT2D eigenvalue weighted by Crippen LogP contribution is 2.13. The molecular weight excluding hydrogens is 402 g/mol. The number of piperazine rings is 1. The zero-order chi connectivity index (χ0) is 21.6. The second kappa shape index (κ2) is 10.0. The van der Waals surface area contributed by atoms with Crippen molar-refractivity contribution in [3.8, 4) is 0 Å². The highest BCUT2D eigenvalue weighted by atomic mass is 32.2. The first-order chi connectivity index (χ1) is 14.4. The van der Waals surface area contributed by atoms with Crippen LogP contribution in [0.2, 0.25) is 0 Å². The van der Waals surface area contributed by atoms with Gasteiger partial charge in [-0.15, -0.1) is 0 Å². The number of aryl methyl sites for hydroxylation is 1. The molecule has 0 atom stereocenters. The number of aromatic nitrogens is 1. The van der Waals surface area contributed by atoms with Gasteiger partial charge in [0.15, 0.2) is 0 Å². The zero-order valence-electron chi connectivity index (χ0n) is 17.5. The minimum atomic E-state index is -3.11. The summed E-state index contributed by atoms with van der Waals surface area (Å²) in [5, 5.41) is 5.62. The van der Waals surface area contributed by atoms with Gasteiger partial charge in [0.05, 0.1) is 17.6 Å². The molecule has 0 saturated carbocycles. The Kier molecular flexibility index (Phi) is 7.41. The van der Waals surface area contributed by atoms with Gasteiger partial charge in [0.1, 0.15) is 0 Å². The first-order valence-corrected chi connectivity index (χ1v) is 11.7. The van der Waals surface area contributed by atoms with Crippen molar-refractivity contribution in [2.24, 2.45) is 0 Å². The molecule has 2 N–H and O–H groups in total. The molecular formula is C21H29N5O3S. The second-order valence-electron chi connectivity index (χ2n) is 7.39. The number of amides is 2. The molecule has 1 aliphatic heterocycles. The third kappa shape index (κ3) is 6.25. The van der Waals surface area contributed by atoms with Gasteiger partial charge < -0.3 is 10.6 Å². The van der Waals surface area contributed by atoms with E-state index in [2.05, 4.69) is 32.7 Å². The van der Waals surface area contributed by atoms with E-state index in [0.29, 0.717) is 38.4 Å². The summed E-state index contributed by atoms with van der Waals surface area (Å²) in [6.07, 6.45) is 1.63. The van der Waals surface area contributed by atoms with Crippen molar-refractivity contribution in [2.75, 3.05) is 37.2 Å². The smallest absolute Gasteiger partial charge is 0.319 e. The predicted octanol–water partition coefficient (Wildman–Crippen LogP) is 2.18. The van der Waals surface area contributed by atoms with Gasteiger partial charge in [-0.05, 0) is 37.1 Å². The molecule has 8 nitrogen and oxygen atoms in total. The van der Waals surface area contributed by atoms with Gasteiger partial charge >= 0.3 is 6.03 Å². The molecule has 1 aromatic carbocycles. The van der Waals surface area contributed by atoms with Gasteiger partial charge in [0.2, 0.25) is 10.0 Å². The van der Waals surface area contributed by atoms with Crippen LogP contribution in [0.3, 0.4) is 0 Å². The lowest BCUT2D eigenvalue weighted by atomic mass is 10.1. The maximum absolute atomic E-state index is 12.1. The minimum Gasteiger partial charge on any atom is -0.334 e. The molecule has 30 heavy (non-hydrogen) atoms. The number of carbonyl (C=O) groups excluding carboxylic acids is 1. The summed E-state index contributed by atoms with van der Waals surface area (Å²) in [5.74, 6) is 0.149. The first kappa shape index (κ1) is 22.2. The Bertz CT molecular complexity index is 955. The van der Waals surface area contributed by atoms with Gasteiger partial charge in [-0.1, -0.05) is 24.3 Å². The number of hydrogen-bond acceptors (Lipinski definition) is 5. The van der Waals surface area contributed by atoms with Gasteiger partial charge in [-0.2, -0.15) is 4.31 Å². The number of nitrogens with one attached hydrogen (secondary N) is 2. The van der Waals surface area contributed by atoms with Crippen LogP contribution < -0.4 is 10.6 Å².